The summed E-state index contributed by atoms with van der Waals surface area (Å²) in [5.74, 6) is -0.881. The Morgan fingerprint density at radius 2 is 1.88 bits per heavy atom. The molecule has 1 aromatic carbocycles. The van der Waals surface area contributed by atoms with E-state index in [2.05, 4.69) is 4.98 Å². The fourth-order valence-corrected chi connectivity index (χ4v) is 1.84. The van der Waals surface area contributed by atoms with Gasteiger partial charge in [-0.25, -0.2) is 4.98 Å². The molecule has 1 heterocycles. The van der Waals surface area contributed by atoms with Crippen molar-refractivity contribution in [3.8, 4) is 0 Å². The third-order valence-electron chi connectivity index (χ3n) is 2.99. The van der Waals surface area contributed by atoms with Crippen LogP contribution in [0.1, 0.15) is 15.9 Å². The van der Waals surface area contributed by atoms with Gasteiger partial charge in [0.2, 0.25) is 0 Å². The first-order valence-corrected chi connectivity index (χ1v) is 6.98. The maximum absolute atomic E-state index is 12.9. The lowest BCUT2D eigenvalue weighted by Crippen LogP contribution is -2.33. The number of aromatic nitrogens is 1. The maximum Gasteiger partial charge on any atom is 0.416 e. The normalized spacial score (nSPS) is 11.3. The number of hydrogen-bond donors (Lipinski definition) is 0. The Hall–Kier alpha value is -2.45. The summed E-state index contributed by atoms with van der Waals surface area (Å²) in [7, 11) is 1.44. The Kier molecular flexibility index (Phi) is 5.88. The van der Waals surface area contributed by atoms with Gasteiger partial charge in [0.1, 0.15) is 0 Å². The quantitative estimate of drug-likeness (QED) is 0.598. The molecular weight excluding hydrogens is 325 g/mol. The van der Waals surface area contributed by atoms with Gasteiger partial charge in [-0.05, 0) is 24.3 Å². The number of alkyl halides is 3. The number of halogens is 3. The average Bonchev–Trinajstić information content (AvgIpc) is 2.58. The zero-order valence-electron chi connectivity index (χ0n) is 12.8. The highest BCUT2D eigenvalue weighted by Gasteiger charge is 2.32. The van der Waals surface area contributed by atoms with E-state index in [-0.39, 0.29) is 24.6 Å². The molecule has 0 bridgehead atoms. The first kappa shape index (κ1) is 17.9. The van der Waals surface area contributed by atoms with Crippen LogP contribution in [0, 0.1) is 0 Å². The van der Waals surface area contributed by atoms with Crippen LogP contribution >= 0.6 is 0 Å². The van der Waals surface area contributed by atoms with Crippen LogP contribution in [0.25, 0.3) is 0 Å². The van der Waals surface area contributed by atoms with Crippen molar-refractivity contribution in [2.75, 3.05) is 25.4 Å². The summed E-state index contributed by atoms with van der Waals surface area (Å²) >= 11 is 0. The molecule has 0 spiro atoms. The summed E-state index contributed by atoms with van der Waals surface area (Å²) in [5.41, 5.74) is -0.664. The van der Waals surface area contributed by atoms with Gasteiger partial charge in [-0.3, -0.25) is 9.63 Å². The smallest absolute Gasteiger partial charge is 0.382 e. The number of amides is 1. The fourth-order valence-electron chi connectivity index (χ4n) is 1.84. The minimum absolute atomic E-state index is 0.0208. The van der Waals surface area contributed by atoms with Gasteiger partial charge < -0.3 is 4.74 Å². The molecule has 0 aliphatic heterocycles. The number of methoxy groups -OCH3 is 1. The topological polar surface area (TPSA) is 51.7 Å². The second-order valence-electron chi connectivity index (χ2n) is 4.69. The van der Waals surface area contributed by atoms with E-state index in [1.165, 1.54) is 19.2 Å². The van der Waals surface area contributed by atoms with Gasteiger partial charge in [0.05, 0.1) is 18.8 Å². The van der Waals surface area contributed by atoms with Crippen LogP contribution in [0.4, 0.5) is 19.0 Å². The number of carbonyl (C=O) groups is 1. The molecule has 0 unspecified atom stereocenters. The molecule has 2 rings (SSSR count). The SMILES string of the molecule is COCCON(C(=O)c1ccccc1)c1cc(C(F)(F)F)ccn1. The predicted octanol–water partition coefficient (Wildman–Crippen LogP) is 3.33. The van der Waals surface area contributed by atoms with Crippen LogP contribution in [-0.2, 0) is 15.8 Å². The summed E-state index contributed by atoms with van der Waals surface area (Å²) in [5, 5.41) is 0.740. The third kappa shape index (κ3) is 4.53. The third-order valence-corrected chi connectivity index (χ3v) is 2.99. The van der Waals surface area contributed by atoms with Crippen molar-refractivity contribution in [2.24, 2.45) is 0 Å². The molecule has 0 fully saturated rings. The zero-order valence-corrected chi connectivity index (χ0v) is 12.8. The summed E-state index contributed by atoms with van der Waals surface area (Å²) in [6, 6.07) is 9.64. The minimum Gasteiger partial charge on any atom is -0.382 e. The van der Waals surface area contributed by atoms with E-state index < -0.39 is 17.6 Å². The molecule has 1 amide bonds. The van der Waals surface area contributed by atoms with Crippen molar-refractivity contribution in [3.63, 3.8) is 0 Å². The van der Waals surface area contributed by atoms with Gasteiger partial charge in [-0.2, -0.15) is 18.2 Å². The van der Waals surface area contributed by atoms with Gasteiger partial charge in [-0.1, -0.05) is 18.2 Å². The average molecular weight is 340 g/mol. The van der Waals surface area contributed by atoms with Crippen molar-refractivity contribution in [3.05, 3.63) is 59.8 Å². The minimum atomic E-state index is -4.55. The zero-order chi connectivity index (χ0) is 17.6. The predicted molar refractivity (Wildman–Crippen MR) is 80.3 cm³/mol. The molecule has 24 heavy (non-hydrogen) atoms. The van der Waals surface area contributed by atoms with Gasteiger partial charge in [0, 0.05) is 18.9 Å². The van der Waals surface area contributed by atoms with E-state index in [0.29, 0.717) is 0 Å². The van der Waals surface area contributed by atoms with Crippen LogP contribution in [0.5, 0.6) is 0 Å². The van der Waals surface area contributed by atoms with Crippen LogP contribution in [0.15, 0.2) is 48.7 Å². The number of rotatable bonds is 6. The number of pyridine rings is 1. The monoisotopic (exact) mass is 340 g/mol. The van der Waals surface area contributed by atoms with Crippen LogP contribution < -0.4 is 5.06 Å². The first-order valence-electron chi connectivity index (χ1n) is 6.98. The second kappa shape index (κ2) is 7.89. The molecule has 1 aromatic heterocycles. The summed E-state index contributed by atoms with van der Waals surface area (Å²) in [6.45, 7) is 0.143. The molecule has 8 heteroatoms. The molecule has 0 aliphatic carbocycles. The fraction of sp³-hybridized carbons (Fsp3) is 0.250. The maximum atomic E-state index is 12.9. The number of hydroxylamine groups is 1. The molecule has 0 N–H and O–H groups in total. The van der Waals surface area contributed by atoms with E-state index >= 15 is 0 Å². The van der Waals surface area contributed by atoms with E-state index in [0.717, 1.165) is 23.4 Å². The Labute approximate surface area is 136 Å². The van der Waals surface area contributed by atoms with E-state index in [1.54, 1.807) is 18.2 Å². The van der Waals surface area contributed by atoms with Crippen molar-refractivity contribution in [1.29, 1.82) is 0 Å². The first-order chi connectivity index (χ1) is 11.4. The van der Waals surface area contributed by atoms with Crippen LogP contribution in [0.2, 0.25) is 0 Å². The van der Waals surface area contributed by atoms with Crippen LogP contribution in [0.3, 0.4) is 0 Å². The van der Waals surface area contributed by atoms with E-state index in [1.807, 2.05) is 0 Å². The lowest BCUT2D eigenvalue weighted by molar-refractivity contribution is -0.137. The molecule has 2 aromatic rings. The Balaban J connectivity index is 2.34. The number of nitrogens with zero attached hydrogens (tertiary/aromatic N) is 2. The Morgan fingerprint density at radius 3 is 2.50 bits per heavy atom. The number of carbonyl (C=O) groups excluding carboxylic acids is 1. The molecule has 0 atom stereocenters. The van der Waals surface area contributed by atoms with Gasteiger partial charge >= 0.3 is 6.18 Å². The molecule has 0 saturated heterocycles. The van der Waals surface area contributed by atoms with Crippen molar-refractivity contribution < 1.29 is 27.5 Å². The summed E-state index contributed by atoms with van der Waals surface area (Å²) in [4.78, 5) is 21.6. The van der Waals surface area contributed by atoms with Crippen LogP contribution in [-0.4, -0.2) is 31.2 Å². The van der Waals surface area contributed by atoms with Gasteiger partial charge in [0.15, 0.2) is 5.82 Å². The molecule has 0 saturated carbocycles. The highest BCUT2D eigenvalue weighted by Crippen LogP contribution is 2.31. The lowest BCUT2D eigenvalue weighted by Gasteiger charge is -2.21. The highest BCUT2D eigenvalue weighted by atomic mass is 19.4. The second-order valence-corrected chi connectivity index (χ2v) is 4.69. The Morgan fingerprint density at radius 1 is 1.17 bits per heavy atom. The molecule has 5 nitrogen and oxygen atoms in total. The highest BCUT2D eigenvalue weighted by molar-refractivity contribution is 6.04. The van der Waals surface area contributed by atoms with Crippen molar-refractivity contribution in [1.82, 2.24) is 4.98 Å². The van der Waals surface area contributed by atoms with Gasteiger partial charge in [-0.15, -0.1) is 0 Å². The van der Waals surface area contributed by atoms with Crippen molar-refractivity contribution >= 4 is 11.7 Å². The van der Waals surface area contributed by atoms with Gasteiger partial charge in [0.25, 0.3) is 5.91 Å². The molecule has 128 valence electrons. The van der Waals surface area contributed by atoms with Crippen molar-refractivity contribution in [2.45, 2.75) is 6.18 Å². The number of benzene rings is 1. The number of ether oxygens (including phenoxy) is 1. The molecule has 0 aliphatic rings. The summed E-state index contributed by atoms with van der Waals surface area (Å²) in [6.07, 6.45) is -3.57. The van der Waals surface area contributed by atoms with E-state index in [9.17, 15) is 18.0 Å². The summed E-state index contributed by atoms with van der Waals surface area (Å²) < 4.78 is 43.4. The Bertz CT molecular complexity index is 678. The number of anilines is 1. The largest absolute Gasteiger partial charge is 0.416 e. The lowest BCUT2D eigenvalue weighted by atomic mass is 10.2. The van der Waals surface area contributed by atoms with E-state index in [4.69, 9.17) is 9.57 Å². The standard InChI is InChI=1S/C16H15F3N2O3/c1-23-9-10-24-21(15(22)12-5-3-2-4-6-12)14-11-13(7-8-20-14)16(17,18)19/h2-8,11H,9-10H2,1H3. The molecule has 0 radical (unpaired) electrons. The number of hydrogen-bond acceptors (Lipinski definition) is 4. The molecular formula is C16H15F3N2O3.